The Morgan fingerprint density at radius 2 is 1.91 bits per heavy atom. The third-order valence-corrected chi connectivity index (χ3v) is 7.10. The van der Waals surface area contributed by atoms with Gasteiger partial charge in [-0.2, -0.15) is 0 Å². The van der Waals surface area contributed by atoms with E-state index in [0.29, 0.717) is 36.2 Å². The van der Waals surface area contributed by atoms with Gasteiger partial charge in [0, 0.05) is 36.8 Å². The van der Waals surface area contributed by atoms with Crippen LogP contribution in [0.3, 0.4) is 0 Å². The second-order valence-electron chi connectivity index (χ2n) is 9.71. The number of carbonyl (C=O) groups excluding carboxylic acids is 3. The highest BCUT2D eigenvalue weighted by Crippen LogP contribution is 2.53. The smallest absolute Gasteiger partial charge is 0.296 e. The number of ketones is 1. The minimum atomic E-state index is -1.71. The van der Waals surface area contributed by atoms with E-state index in [-0.39, 0.29) is 24.0 Å². The number of hydrogen-bond acceptors (Lipinski definition) is 6. The molecule has 8 heteroatoms. The molecule has 8 nitrogen and oxygen atoms in total. The lowest BCUT2D eigenvalue weighted by molar-refractivity contribution is -0.143. The van der Waals surface area contributed by atoms with Gasteiger partial charge in [0.25, 0.3) is 17.6 Å². The number of rotatable bonds is 5. The SMILES string of the molecule is C[C@H]1Cc2cc(C(O)=C3C(=O)C(=O)N(CCCN(C)C)[C@@]34C(=O)N(C)c3ccccc34)ccc2O1. The summed E-state index contributed by atoms with van der Waals surface area (Å²) in [5.41, 5.74) is 0.535. The molecule has 0 bridgehead atoms. The molecule has 0 saturated carbocycles. The summed E-state index contributed by atoms with van der Waals surface area (Å²) < 4.78 is 5.76. The van der Waals surface area contributed by atoms with Crippen molar-refractivity contribution >= 4 is 29.0 Å². The summed E-state index contributed by atoms with van der Waals surface area (Å²) in [6.07, 6.45) is 1.25. The van der Waals surface area contributed by atoms with Crippen LogP contribution in [0.15, 0.2) is 48.0 Å². The number of anilines is 1. The number of likely N-dealkylation sites (tertiary alicyclic amines) is 1. The Labute approximate surface area is 204 Å². The van der Waals surface area contributed by atoms with Crippen molar-refractivity contribution in [3.05, 3.63) is 64.7 Å². The third-order valence-electron chi connectivity index (χ3n) is 7.10. The molecule has 1 spiro atoms. The maximum atomic E-state index is 14.0. The van der Waals surface area contributed by atoms with Gasteiger partial charge in [0.15, 0.2) is 5.54 Å². The van der Waals surface area contributed by atoms with Crippen LogP contribution in [0.1, 0.15) is 30.0 Å². The predicted molar refractivity (Wildman–Crippen MR) is 131 cm³/mol. The van der Waals surface area contributed by atoms with E-state index in [9.17, 15) is 19.5 Å². The molecule has 3 aliphatic heterocycles. The summed E-state index contributed by atoms with van der Waals surface area (Å²) in [6.45, 7) is 2.83. The summed E-state index contributed by atoms with van der Waals surface area (Å²) in [6, 6.07) is 12.3. The lowest BCUT2D eigenvalue weighted by atomic mass is 9.81. The van der Waals surface area contributed by atoms with Crippen LogP contribution in [-0.2, 0) is 26.3 Å². The van der Waals surface area contributed by atoms with E-state index >= 15 is 0 Å². The Kier molecular flexibility index (Phi) is 5.44. The first-order valence-corrected chi connectivity index (χ1v) is 11.8. The first kappa shape index (κ1) is 23.1. The van der Waals surface area contributed by atoms with Gasteiger partial charge in [0.2, 0.25) is 0 Å². The van der Waals surface area contributed by atoms with Crippen LogP contribution in [0.2, 0.25) is 0 Å². The Morgan fingerprint density at radius 1 is 1.17 bits per heavy atom. The summed E-state index contributed by atoms with van der Waals surface area (Å²) in [4.78, 5) is 45.7. The molecule has 0 aliphatic carbocycles. The van der Waals surface area contributed by atoms with Crippen molar-refractivity contribution < 1.29 is 24.2 Å². The van der Waals surface area contributed by atoms with Crippen molar-refractivity contribution in [1.29, 1.82) is 0 Å². The van der Waals surface area contributed by atoms with Crippen LogP contribution < -0.4 is 9.64 Å². The number of carbonyl (C=O) groups is 3. The summed E-state index contributed by atoms with van der Waals surface area (Å²) in [5, 5.41) is 11.6. The molecule has 5 rings (SSSR count). The largest absolute Gasteiger partial charge is 0.507 e. The number of likely N-dealkylation sites (N-methyl/N-ethyl adjacent to an activating group) is 1. The molecular weight excluding hydrogens is 446 g/mol. The summed E-state index contributed by atoms with van der Waals surface area (Å²) >= 11 is 0. The van der Waals surface area contributed by atoms with Crippen molar-refractivity contribution in [2.45, 2.75) is 31.4 Å². The van der Waals surface area contributed by atoms with E-state index in [1.807, 2.05) is 32.0 Å². The van der Waals surface area contributed by atoms with Gasteiger partial charge in [-0.3, -0.25) is 14.4 Å². The molecule has 1 saturated heterocycles. The molecule has 0 radical (unpaired) electrons. The standard InChI is InChI=1S/C27H29N3O5/c1-16-14-18-15-17(10-11-21(18)35-16)23(31)22-24(32)25(33)30(13-7-12-28(2)3)27(22)19-8-5-6-9-20(19)29(4)26(27)34/h5-6,8-11,15-16,31H,7,12-14H2,1-4H3/t16-,27+/m0/s1. The van der Waals surface area contributed by atoms with Gasteiger partial charge in [-0.05, 0) is 63.8 Å². The van der Waals surface area contributed by atoms with E-state index in [1.54, 1.807) is 43.4 Å². The predicted octanol–water partition coefficient (Wildman–Crippen LogP) is 2.51. The van der Waals surface area contributed by atoms with Gasteiger partial charge in [-0.25, -0.2) is 0 Å². The zero-order valence-corrected chi connectivity index (χ0v) is 20.4. The van der Waals surface area contributed by atoms with Crippen LogP contribution in [0.5, 0.6) is 5.75 Å². The maximum absolute atomic E-state index is 14.0. The Morgan fingerprint density at radius 3 is 2.66 bits per heavy atom. The second-order valence-corrected chi connectivity index (χ2v) is 9.71. The summed E-state index contributed by atoms with van der Waals surface area (Å²) in [5.74, 6) is -1.67. The van der Waals surface area contributed by atoms with Gasteiger partial charge in [0.05, 0.1) is 5.57 Å². The molecule has 2 atom stereocenters. The summed E-state index contributed by atoms with van der Waals surface area (Å²) in [7, 11) is 5.47. The zero-order valence-electron chi connectivity index (χ0n) is 20.4. The Hall–Kier alpha value is -3.65. The van der Waals surface area contributed by atoms with Crippen LogP contribution in [0.25, 0.3) is 5.76 Å². The molecule has 2 aromatic rings. The number of Topliss-reactive ketones (excluding diaryl/α,β-unsaturated/α-hetero) is 1. The molecule has 35 heavy (non-hydrogen) atoms. The Bertz CT molecular complexity index is 1280. The molecule has 0 aromatic heterocycles. The van der Waals surface area contributed by atoms with Gasteiger partial charge in [0.1, 0.15) is 17.6 Å². The first-order valence-electron chi connectivity index (χ1n) is 11.8. The lowest BCUT2D eigenvalue weighted by Crippen LogP contribution is -2.51. The molecule has 0 unspecified atom stereocenters. The van der Waals surface area contributed by atoms with E-state index in [2.05, 4.69) is 0 Å². The normalized spacial score (nSPS) is 24.5. The minimum absolute atomic E-state index is 0.0141. The fourth-order valence-corrected chi connectivity index (χ4v) is 5.53. The number of benzene rings is 2. The molecule has 2 aromatic carbocycles. The Balaban J connectivity index is 1.73. The number of aliphatic hydroxyl groups excluding tert-OH is 1. The average molecular weight is 476 g/mol. The van der Waals surface area contributed by atoms with Crippen LogP contribution in [-0.4, -0.2) is 72.8 Å². The lowest BCUT2D eigenvalue weighted by Gasteiger charge is -2.34. The van der Waals surface area contributed by atoms with Crippen molar-refractivity contribution in [3.8, 4) is 5.75 Å². The number of hydrogen-bond donors (Lipinski definition) is 1. The van der Waals surface area contributed by atoms with Crippen molar-refractivity contribution in [2.75, 3.05) is 39.1 Å². The molecule has 1 fully saturated rings. The number of aliphatic hydroxyl groups is 1. The zero-order chi connectivity index (χ0) is 25.1. The molecular formula is C27H29N3O5. The number of fused-ring (bicyclic) bond motifs is 3. The topological polar surface area (TPSA) is 90.4 Å². The van der Waals surface area contributed by atoms with Crippen LogP contribution in [0.4, 0.5) is 5.69 Å². The minimum Gasteiger partial charge on any atom is -0.507 e. The van der Waals surface area contributed by atoms with Crippen molar-refractivity contribution in [1.82, 2.24) is 9.80 Å². The number of para-hydroxylation sites is 1. The van der Waals surface area contributed by atoms with Gasteiger partial charge in [-0.15, -0.1) is 0 Å². The third kappa shape index (κ3) is 3.27. The van der Waals surface area contributed by atoms with E-state index in [0.717, 1.165) is 11.3 Å². The molecule has 1 N–H and O–H groups in total. The van der Waals surface area contributed by atoms with Crippen LogP contribution in [0, 0.1) is 0 Å². The molecule has 2 amide bonds. The van der Waals surface area contributed by atoms with Crippen molar-refractivity contribution in [2.24, 2.45) is 0 Å². The number of nitrogens with zero attached hydrogens (tertiary/aromatic N) is 3. The average Bonchev–Trinajstić information content (AvgIpc) is 3.39. The van der Waals surface area contributed by atoms with E-state index in [4.69, 9.17) is 4.74 Å². The monoisotopic (exact) mass is 475 g/mol. The molecule has 182 valence electrons. The van der Waals surface area contributed by atoms with Gasteiger partial charge >= 0.3 is 0 Å². The van der Waals surface area contributed by atoms with Crippen LogP contribution >= 0.6 is 0 Å². The highest BCUT2D eigenvalue weighted by atomic mass is 16.5. The number of amides is 2. The highest BCUT2D eigenvalue weighted by molar-refractivity contribution is 6.50. The van der Waals surface area contributed by atoms with Gasteiger partial charge < -0.3 is 24.5 Å². The molecule has 3 aliphatic rings. The number of ether oxygens (including phenoxy) is 1. The molecule has 3 heterocycles. The fraction of sp³-hybridized carbons (Fsp3) is 0.370. The highest BCUT2D eigenvalue weighted by Gasteiger charge is 2.66. The second kappa shape index (κ2) is 8.23. The van der Waals surface area contributed by atoms with Crippen molar-refractivity contribution in [3.63, 3.8) is 0 Å². The van der Waals surface area contributed by atoms with E-state index < -0.39 is 23.1 Å². The quantitative estimate of drug-likeness (QED) is 0.406. The maximum Gasteiger partial charge on any atom is 0.296 e. The van der Waals surface area contributed by atoms with Gasteiger partial charge in [-0.1, -0.05) is 18.2 Å². The fourth-order valence-electron chi connectivity index (χ4n) is 5.53. The first-order chi connectivity index (χ1) is 16.7. The van der Waals surface area contributed by atoms with E-state index in [1.165, 1.54) is 9.80 Å².